The molecule has 0 radical (unpaired) electrons. The topological polar surface area (TPSA) is 29.3 Å². The van der Waals surface area contributed by atoms with Crippen LogP contribution in [0.2, 0.25) is 0 Å². The Morgan fingerprint density at radius 2 is 1.92 bits per heavy atom. The van der Waals surface area contributed by atoms with Gasteiger partial charge in [0.15, 0.2) is 0 Å². The van der Waals surface area contributed by atoms with E-state index in [9.17, 15) is 13.2 Å². The molecule has 1 rings (SSSR count). The molecule has 12 heavy (non-hydrogen) atoms. The second-order valence-electron chi connectivity index (χ2n) is 3.46. The van der Waals surface area contributed by atoms with Crippen LogP contribution in [0.1, 0.15) is 6.42 Å². The summed E-state index contributed by atoms with van der Waals surface area (Å²) in [6.45, 7) is 0.643. The lowest BCUT2D eigenvalue weighted by Crippen LogP contribution is -2.49. The van der Waals surface area contributed by atoms with Crippen LogP contribution in [-0.2, 0) is 0 Å². The first-order chi connectivity index (χ1) is 5.39. The number of piperidine rings is 1. The van der Waals surface area contributed by atoms with Crippen LogP contribution in [0, 0.1) is 5.92 Å². The summed E-state index contributed by atoms with van der Waals surface area (Å²) in [5, 5.41) is 0. The fourth-order valence-electron chi connectivity index (χ4n) is 1.60. The van der Waals surface area contributed by atoms with E-state index < -0.39 is 12.1 Å². The molecule has 2 nitrogen and oxygen atoms in total. The van der Waals surface area contributed by atoms with Gasteiger partial charge in [-0.2, -0.15) is 13.2 Å². The average Bonchev–Trinajstić information content (AvgIpc) is 1.82. The van der Waals surface area contributed by atoms with Crippen molar-refractivity contribution in [3.63, 3.8) is 0 Å². The molecule has 0 amide bonds. The zero-order valence-electron chi connectivity index (χ0n) is 6.93. The van der Waals surface area contributed by atoms with E-state index in [0.717, 1.165) is 0 Å². The van der Waals surface area contributed by atoms with Crippen molar-refractivity contribution in [1.82, 2.24) is 4.90 Å². The molecule has 1 heterocycles. The number of nitrogens with zero attached hydrogens (tertiary/aromatic N) is 1. The number of hydrogen-bond acceptors (Lipinski definition) is 2. The van der Waals surface area contributed by atoms with E-state index in [0.29, 0.717) is 6.54 Å². The fraction of sp³-hybridized carbons (Fsp3) is 1.00. The summed E-state index contributed by atoms with van der Waals surface area (Å²) in [6, 6.07) is -0.338. The second-order valence-corrected chi connectivity index (χ2v) is 3.46. The number of rotatable bonds is 0. The highest BCUT2D eigenvalue weighted by Crippen LogP contribution is 2.32. The third-order valence-electron chi connectivity index (χ3n) is 2.13. The Balaban J connectivity index is 2.55. The van der Waals surface area contributed by atoms with Gasteiger partial charge < -0.3 is 10.6 Å². The number of likely N-dealkylation sites (tertiary alicyclic amines) is 1. The Morgan fingerprint density at radius 1 is 1.33 bits per heavy atom. The van der Waals surface area contributed by atoms with Crippen molar-refractivity contribution in [2.75, 3.05) is 20.1 Å². The number of likely N-dealkylation sites (N-methyl/N-ethyl adjacent to an activating group) is 1. The first kappa shape index (κ1) is 9.80. The van der Waals surface area contributed by atoms with Crippen molar-refractivity contribution >= 4 is 0 Å². The monoisotopic (exact) mass is 182 g/mol. The maximum atomic E-state index is 12.2. The molecule has 5 heteroatoms. The number of alkyl halides is 3. The Kier molecular flexibility index (Phi) is 2.63. The van der Waals surface area contributed by atoms with Gasteiger partial charge in [-0.3, -0.25) is 0 Å². The molecule has 1 unspecified atom stereocenters. The fourth-order valence-corrected chi connectivity index (χ4v) is 1.60. The Morgan fingerprint density at radius 3 is 2.33 bits per heavy atom. The van der Waals surface area contributed by atoms with Gasteiger partial charge in [-0.1, -0.05) is 0 Å². The van der Waals surface area contributed by atoms with Crippen molar-refractivity contribution in [1.29, 1.82) is 0 Å². The van der Waals surface area contributed by atoms with Gasteiger partial charge in [0.1, 0.15) is 0 Å². The molecule has 1 fully saturated rings. The molecule has 1 aliphatic heterocycles. The Bertz CT molecular complexity index is 147. The van der Waals surface area contributed by atoms with Crippen LogP contribution in [0.3, 0.4) is 0 Å². The van der Waals surface area contributed by atoms with Crippen molar-refractivity contribution in [3.05, 3.63) is 0 Å². The van der Waals surface area contributed by atoms with Crippen molar-refractivity contribution in [2.24, 2.45) is 11.7 Å². The van der Waals surface area contributed by atoms with Crippen LogP contribution >= 0.6 is 0 Å². The van der Waals surface area contributed by atoms with Gasteiger partial charge in [-0.25, -0.2) is 0 Å². The molecule has 2 N–H and O–H groups in total. The van der Waals surface area contributed by atoms with Gasteiger partial charge in [-0.05, 0) is 13.5 Å². The Hall–Kier alpha value is -0.290. The van der Waals surface area contributed by atoms with Crippen molar-refractivity contribution in [2.45, 2.75) is 18.6 Å². The van der Waals surface area contributed by atoms with Gasteiger partial charge in [0.05, 0.1) is 5.92 Å². The van der Waals surface area contributed by atoms with E-state index in [-0.39, 0.29) is 19.0 Å². The van der Waals surface area contributed by atoms with Crippen LogP contribution in [0.15, 0.2) is 0 Å². The molecular weight excluding hydrogens is 169 g/mol. The molecule has 0 spiro atoms. The minimum atomic E-state index is -4.09. The molecule has 0 aromatic heterocycles. The summed E-state index contributed by atoms with van der Waals surface area (Å²) in [4.78, 5) is 1.63. The molecule has 0 saturated carbocycles. The maximum Gasteiger partial charge on any atom is 0.393 e. The normalized spacial score (nSPS) is 33.8. The van der Waals surface area contributed by atoms with Gasteiger partial charge in [0.25, 0.3) is 0 Å². The van der Waals surface area contributed by atoms with E-state index in [1.807, 2.05) is 0 Å². The summed E-state index contributed by atoms with van der Waals surface area (Å²) in [7, 11) is 1.66. The molecule has 72 valence electrons. The molecule has 1 saturated heterocycles. The minimum Gasteiger partial charge on any atom is -0.327 e. The van der Waals surface area contributed by atoms with Crippen LogP contribution in [0.5, 0.6) is 0 Å². The zero-order valence-corrected chi connectivity index (χ0v) is 6.93. The standard InChI is InChI=1S/C7H13F3N2/c1-12-3-5(7(8,9)10)2-6(11)4-12/h5-6H,2-4,11H2,1H3/t5-,6?/m1/s1. The van der Waals surface area contributed by atoms with E-state index in [1.165, 1.54) is 0 Å². The summed E-state index contributed by atoms with van der Waals surface area (Å²) >= 11 is 0. The number of halogens is 3. The highest BCUT2D eigenvalue weighted by molar-refractivity contribution is 4.83. The maximum absolute atomic E-state index is 12.2. The lowest BCUT2D eigenvalue weighted by Gasteiger charge is -2.34. The minimum absolute atomic E-state index is 0.0633. The van der Waals surface area contributed by atoms with Gasteiger partial charge >= 0.3 is 6.18 Å². The first-order valence-electron chi connectivity index (χ1n) is 3.90. The van der Waals surface area contributed by atoms with Crippen LogP contribution in [-0.4, -0.2) is 37.3 Å². The zero-order chi connectivity index (χ0) is 9.35. The molecular formula is C7H13F3N2. The average molecular weight is 182 g/mol. The summed E-state index contributed by atoms with van der Waals surface area (Å²) in [5.41, 5.74) is 5.47. The van der Waals surface area contributed by atoms with E-state index in [4.69, 9.17) is 5.73 Å². The summed E-state index contributed by atoms with van der Waals surface area (Å²) < 4.78 is 36.6. The predicted octanol–water partition coefficient (Wildman–Crippen LogP) is 0.828. The second kappa shape index (κ2) is 3.22. The molecule has 0 aromatic rings. The lowest BCUT2D eigenvalue weighted by atomic mass is 9.95. The molecule has 0 aromatic carbocycles. The van der Waals surface area contributed by atoms with Gasteiger partial charge in [-0.15, -0.1) is 0 Å². The molecule has 1 aliphatic rings. The van der Waals surface area contributed by atoms with Crippen LogP contribution in [0.25, 0.3) is 0 Å². The first-order valence-corrected chi connectivity index (χ1v) is 3.90. The third kappa shape index (κ3) is 2.35. The van der Waals surface area contributed by atoms with E-state index in [1.54, 1.807) is 11.9 Å². The third-order valence-corrected chi connectivity index (χ3v) is 2.13. The Labute approximate surface area is 69.5 Å². The molecule has 2 atom stereocenters. The largest absolute Gasteiger partial charge is 0.393 e. The molecule has 0 aliphatic carbocycles. The van der Waals surface area contributed by atoms with Crippen LogP contribution < -0.4 is 5.73 Å². The highest BCUT2D eigenvalue weighted by atomic mass is 19.4. The quantitative estimate of drug-likeness (QED) is 0.601. The summed E-state index contributed by atoms with van der Waals surface area (Å²) in [5.74, 6) is -1.24. The molecule has 0 bridgehead atoms. The van der Waals surface area contributed by atoms with E-state index in [2.05, 4.69) is 0 Å². The van der Waals surface area contributed by atoms with Crippen molar-refractivity contribution < 1.29 is 13.2 Å². The smallest absolute Gasteiger partial charge is 0.327 e. The van der Waals surface area contributed by atoms with Crippen LogP contribution in [0.4, 0.5) is 13.2 Å². The van der Waals surface area contributed by atoms with Gasteiger partial charge in [0, 0.05) is 19.1 Å². The van der Waals surface area contributed by atoms with E-state index >= 15 is 0 Å². The van der Waals surface area contributed by atoms with Gasteiger partial charge in [0.2, 0.25) is 0 Å². The highest BCUT2D eigenvalue weighted by Gasteiger charge is 2.42. The van der Waals surface area contributed by atoms with Crippen molar-refractivity contribution in [3.8, 4) is 0 Å². The number of hydrogen-bond donors (Lipinski definition) is 1. The number of nitrogens with two attached hydrogens (primary N) is 1. The predicted molar refractivity (Wildman–Crippen MR) is 39.6 cm³/mol. The summed E-state index contributed by atoms with van der Waals surface area (Å²) in [6.07, 6.45) is -4.03. The SMILES string of the molecule is CN1CC(N)C[C@@H](C(F)(F)F)C1. The lowest BCUT2D eigenvalue weighted by molar-refractivity contribution is -0.186.